The Balaban J connectivity index is 1.97. The second-order valence-electron chi connectivity index (χ2n) is 6.02. The number of benzene rings is 2. The largest absolute Gasteiger partial charge is 0.416 e. The molecule has 0 aromatic heterocycles. The van der Waals surface area contributed by atoms with Gasteiger partial charge in [0.1, 0.15) is 0 Å². The molecular formula is C19H19F3N2O3S. The molecule has 0 radical (unpaired) electrons. The summed E-state index contributed by atoms with van der Waals surface area (Å²) in [5, 5.41) is 2.57. The highest BCUT2D eigenvalue weighted by Crippen LogP contribution is 2.29. The summed E-state index contributed by atoms with van der Waals surface area (Å²) in [6.07, 6.45) is -3.25. The van der Waals surface area contributed by atoms with Crippen LogP contribution in [0.15, 0.2) is 61.2 Å². The number of carbonyl (C=O) groups is 1. The van der Waals surface area contributed by atoms with Crippen molar-refractivity contribution in [1.82, 2.24) is 4.72 Å². The average molecular weight is 412 g/mol. The predicted molar refractivity (Wildman–Crippen MR) is 101 cm³/mol. The van der Waals surface area contributed by atoms with E-state index in [-0.39, 0.29) is 24.3 Å². The lowest BCUT2D eigenvalue weighted by atomic mass is 10.1. The van der Waals surface area contributed by atoms with Crippen LogP contribution in [-0.2, 0) is 33.2 Å². The standard InChI is InChI=1S/C19H19F3N2O3S/c1-2-10-23-28(26,27)13-14-6-8-17(9-7-14)24-18(25)12-15-4-3-5-16(11-15)19(20,21)22/h2-9,11,23H,1,10,12-13H2,(H,24,25). The Morgan fingerprint density at radius 3 is 2.36 bits per heavy atom. The maximum atomic E-state index is 12.7. The summed E-state index contributed by atoms with van der Waals surface area (Å²) in [4.78, 5) is 12.1. The van der Waals surface area contributed by atoms with E-state index in [4.69, 9.17) is 0 Å². The number of alkyl halides is 3. The molecule has 5 nitrogen and oxygen atoms in total. The van der Waals surface area contributed by atoms with Crippen LogP contribution in [0, 0.1) is 0 Å². The predicted octanol–water partition coefficient (Wildman–Crippen LogP) is 3.49. The molecule has 0 saturated heterocycles. The minimum Gasteiger partial charge on any atom is -0.326 e. The number of hydrogen-bond acceptors (Lipinski definition) is 3. The number of rotatable bonds is 8. The van der Waals surface area contributed by atoms with Crippen molar-refractivity contribution in [3.05, 3.63) is 77.9 Å². The fourth-order valence-corrected chi connectivity index (χ4v) is 3.49. The van der Waals surface area contributed by atoms with E-state index in [0.29, 0.717) is 11.3 Å². The molecule has 0 saturated carbocycles. The van der Waals surface area contributed by atoms with Gasteiger partial charge in [0.25, 0.3) is 0 Å². The van der Waals surface area contributed by atoms with Gasteiger partial charge in [0.2, 0.25) is 15.9 Å². The van der Waals surface area contributed by atoms with Crippen molar-refractivity contribution >= 4 is 21.6 Å². The van der Waals surface area contributed by atoms with Crippen molar-refractivity contribution in [2.45, 2.75) is 18.3 Å². The lowest BCUT2D eigenvalue weighted by Crippen LogP contribution is -2.25. The summed E-state index contributed by atoms with van der Waals surface area (Å²) in [6.45, 7) is 3.56. The molecule has 0 bridgehead atoms. The van der Waals surface area contributed by atoms with E-state index in [1.807, 2.05) is 0 Å². The highest BCUT2D eigenvalue weighted by Gasteiger charge is 2.30. The molecule has 0 unspecified atom stereocenters. The topological polar surface area (TPSA) is 75.3 Å². The second-order valence-corrected chi connectivity index (χ2v) is 7.82. The van der Waals surface area contributed by atoms with Crippen molar-refractivity contribution in [2.24, 2.45) is 0 Å². The zero-order valence-electron chi connectivity index (χ0n) is 14.8. The zero-order valence-corrected chi connectivity index (χ0v) is 15.6. The molecule has 0 spiro atoms. The maximum Gasteiger partial charge on any atom is 0.416 e. The van der Waals surface area contributed by atoms with Crippen molar-refractivity contribution < 1.29 is 26.4 Å². The first-order chi connectivity index (χ1) is 13.1. The number of nitrogens with one attached hydrogen (secondary N) is 2. The Kier molecular flexibility index (Phi) is 6.98. The van der Waals surface area contributed by atoms with Crippen molar-refractivity contribution in [1.29, 1.82) is 0 Å². The summed E-state index contributed by atoms with van der Waals surface area (Å²) in [5.41, 5.74) is 0.362. The van der Waals surface area contributed by atoms with E-state index in [2.05, 4.69) is 16.6 Å². The van der Waals surface area contributed by atoms with E-state index in [0.717, 1.165) is 12.1 Å². The number of carbonyl (C=O) groups excluding carboxylic acids is 1. The van der Waals surface area contributed by atoms with Crippen LogP contribution in [0.3, 0.4) is 0 Å². The third-order valence-electron chi connectivity index (χ3n) is 3.66. The molecule has 0 heterocycles. The molecule has 2 aromatic carbocycles. The van der Waals surface area contributed by atoms with E-state index in [1.54, 1.807) is 12.1 Å². The van der Waals surface area contributed by atoms with Crippen LogP contribution in [0.4, 0.5) is 18.9 Å². The average Bonchev–Trinajstić information content (AvgIpc) is 2.61. The van der Waals surface area contributed by atoms with E-state index >= 15 is 0 Å². The second kappa shape index (κ2) is 9.03. The smallest absolute Gasteiger partial charge is 0.326 e. The minimum atomic E-state index is -4.47. The van der Waals surface area contributed by atoms with Crippen LogP contribution in [0.1, 0.15) is 16.7 Å². The van der Waals surface area contributed by atoms with Crippen molar-refractivity contribution in [2.75, 3.05) is 11.9 Å². The fraction of sp³-hybridized carbons (Fsp3) is 0.211. The molecule has 0 aliphatic rings. The van der Waals surface area contributed by atoms with Gasteiger partial charge in [0.05, 0.1) is 17.7 Å². The first-order valence-electron chi connectivity index (χ1n) is 8.22. The van der Waals surface area contributed by atoms with Crippen LogP contribution >= 0.6 is 0 Å². The van der Waals surface area contributed by atoms with E-state index in [1.165, 1.54) is 30.3 Å². The molecule has 9 heteroatoms. The molecule has 2 aromatic rings. The number of anilines is 1. The van der Waals surface area contributed by atoms with Gasteiger partial charge in [-0.2, -0.15) is 13.2 Å². The van der Waals surface area contributed by atoms with Crippen LogP contribution < -0.4 is 10.0 Å². The van der Waals surface area contributed by atoms with E-state index in [9.17, 15) is 26.4 Å². The van der Waals surface area contributed by atoms with Gasteiger partial charge in [0.15, 0.2) is 0 Å². The lowest BCUT2D eigenvalue weighted by molar-refractivity contribution is -0.137. The van der Waals surface area contributed by atoms with Crippen LogP contribution in [0.5, 0.6) is 0 Å². The quantitative estimate of drug-likeness (QED) is 0.652. The molecular weight excluding hydrogens is 393 g/mol. The molecule has 28 heavy (non-hydrogen) atoms. The molecule has 1 amide bonds. The van der Waals surface area contributed by atoms with Crippen molar-refractivity contribution in [3.63, 3.8) is 0 Å². The third kappa shape index (κ3) is 6.82. The summed E-state index contributed by atoms with van der Waals surface area (Å²) in [6, 6.07) is 10.7. The number of hydrogen-bond donors (Lipinski definition) is 2. The molecule has 0 aliphatic heterocycles. The normalized spacial score (nSPS) is 11.8. The first-order valence-corrected chi connectivity index (χ1v) is 9.87. The number of sulfonamides is 1. The highest BCUT2D eigenvalue weighted by atomic mass is 32.2. The van der Waals surface area contributed by atoms with E-state index < -0.39 is 27.7 Å². The summed E-state index contributed by atoms with van der Waals surface area (Å²) >= 11 is 0. The summed E-state index contributed by atoms with van der Waals surface area (Å²) in [5.74, 6) is -0.702. The van der Waals surface area contributed by atoms with Gasteiger partial charge in [-0.25, -0.2) is 13.1 Å². The van der Waals surface area contributed by atoms with Crippen molar-refractivity contribution in [3.8, 4) is 0 Å². The lowest BCUT2D eigenvalue weighted by Gasteiger charge is -2.10. The monoisotopic (exact) mass is 412 g/mol. The van der Waals surface area contributed by atoms with Crippen LogP contribution in [0.2, 0.25) is 0 Å². The number of amides is 1. The zero-order chi connectivity index (χ0) is 20.8. The summed E-state index contributed by atoms with van der Waals surface area (Å²) in [7, 11) is -3.49. The minimum absolute atomic E-state index is 0.131. The van der Waals surface area contributed by atoms with Gasteiger partial charge in [-0.15, -0.1) is 6.58 Å². The maximum absolute atomic E-state index is 12.7. The van der Waals surface area contributed by atoms with Gasteiger partial charge < -0.3 is 5.32 Å². The first kappa shape index (κ1) is 21.6. The highest BCUT2D eigenvalue weighted by molar-refractivity contribution is 7.88. The van der Waals surface area contributed by atoms with Gasteiger partial charge in [-0.1, -0.05) is 36.4 Å². The Morgan fingerprint density at radius 1 is 1.07 bits per heavy atom. The Bertz CT molecular complexity index is 940. The molecule has 0 fully saturated rings. The SMILES string of the molecule is C=CCNS(=O)(=O)Cc1ccc(NC(=O)Cc2cccc(C(F)(F)F)c2)cc1. The van der Waals surface area contributed by atoms with Crippen LogP contribution in [-0.4, -0.2) is 20.9 Å². The molecule has 2 N–H and O–H groups in total. The molecule has 0 atom stereocenters. The van der Waals surface area contributed by atoms with Gasteiger partial charge in [-0.05, 0) is 29.3 Å². The molecule has 150 valence electrons. The van der Waals surface area contributed by atoms with Gasteiger partial charge >= 0.3 is 6.18 Å². The van der Waals surface area contributed by atoms with Gasteiger partial charge in [-0.3, -0.25) is 4.79 Å². The van der Waals surface area contributed by atoms with Gasteiger partial charge in [0, 0.05) is 12.2 Å². The molecule has 2 rings (SSSR count). The Labute approximate surface area is 161 Å². The third-order valence-corrected chi connectivity index (χ3v) is 4.98. The summed E-state index contributed by atoms with van der Waals surface area (Å²) < 4.78 is 64.1. The molecule has 0 aliphatic carbocycles. The Morgan fingerprint density at radius 2 is 1.75 bits per heavy atom. The van der Waals surface area contributed by atoms with Crippen LogP contribution in [0.25, 0.3) is 0 Å². The Hall–Kier alpha value is -2.65. The number of halogens is 3. The fourth-order valence-electron chi connectivity index (χ4n) is 2.39.